The summed E-state index contributed by atoms with van der Waals surface area (Å²) < 4.78 is 5.45. The molecule has 9 heteroatoms. The van der Waals surface area contributed by atoms with E-state index in [1.807, 2.05) is 13.0 Å². The maximum absolute atomic E-state index is 12.4. The Labute approximate surface area is 194 Å². The highest BCUT2D eigenvalue weighted by Gasteiger charge is 2.14. The van der Waals surface area contributed by atoms with Crippen LogP contribution in [0.3, 0.4) is 0 Å². The molecule has 162 valence electrons. The van der Waals surface area contributed by atoms with Crippen molar-refractivity contribution >= 4 is 52.9 Å². The van der Waals surface area contributed by atoms with E-state index in [0.29, 0.717) is 21.8 Å². The van der Waals surface area contributed by atoms with Crippen molar-refractivity contribution in [1.29, 1.82) is 0 Å². The van der Waals surface area contributed by atoms with Crippen LogP contribution >= 0.6 is 23.2 Å². The molecular weight excluding hydrogens is 453 g/mol. The molecule has 3 rings (SSSR count). The van der Waals surface area contributed by atoms with Crippen LogP contribution in [0.1, 0.15) is 21.5 Å². The molecule has 0 aliphatic rings. The van der Waals surface area contributed by atoms with Gasteiger partial charge in [-0.25, -0.2) is 10.2 Å². The molecule has 0 heterocycles. The summed E-state index contributed by atoms with van der Waals surface area (Å²) in [5.41, 5.74) is 4.18. The first-order valence-corrected chi connectivity index (χ1v) is 10.1. The van der Waals surface area contributed by atoms with Gasteiger partial charge < -0.3 is 10.1 Å². The Morgan fingerprint density at radius 2 is 1.69 bits per heavy atom. The van der Waals surface area contributed by atoms with E-state index in [0.717, 1.165) is 5.56 Å². The molecule has 0 saturated carbocycles. The molecule has 2 amide bonds. The normalized spacial score (nSPS) is 10.6. The zero-order valence-electron chi connectivity index (χ0n) is 16.8. The second-order valence-corrected chi connectivity index (χ2v) is 7.39. The van der Waals surface area contributed by atoms with Gasteiger partial charge in [-0.15, -0.1) is 0 Å². The second-order valence-electron chi connectivity index (χ2n) is 6.58. The number of hydrogen-bond donors (Lipinski definition) is 2. The van der Waals surface area contributed by atoms with Gasteiger partial charge in [0, 0.05) is 11.3 Å². The molecular formula is C23H17Cl2N3O4. The lowest BCUT2D eigenvalue weighted by atomic mass is 10.1. The summed E-state index contributed by atoms with van der Waals surface area (Å²) in [7, 11) is 0. The SMILES string of the molecule is Cc1cccc(C(=O)Oc2ccccc2/C=N/NC(=O)C(=O)Nc2ccc(Cl)c(Cl)c2)c1. The fourth-order valence-corrected chi connectivity index (χ4v) is 2.88. The quantitative estimate of drug-likeness (QED) is 0.187. The number of nitrogens with zero attached hydrogens (tertiary/aromatic N) is 1. The molecule has 0 aliphatic carbocycles. The van der Waals surface area contributed by atoms with Gasteiger partial charge in [-0.2, -0.15) is 5.10 Å². The Morgan fingerprint density at radius 1 is 0.906 bits per heavy atom. The van der Waals surface area contributed by atoms with Crippen molar-refractivity contribution in [3.8, 4) is 5.75 Å². The number of ether oxygens (including phenoxy) is 1. The maximum atomic E-state index is 12.4. The van der Waals surface area contributed by atoms with E-state index in [4.69, 9.17) is 27.9 Å². The van der Waals surface area contributed by atoms with Gasteiger partial charge in [0.2, 0.25) is 0 Å². The number of carbonyl (C=O) groups excluding carboxylic acids is 3. The van der Waals surface area contributed by atoms with Gasteiger partial charge in [0.25, 0.3) is 0 Å². The number of hydrazone groups is 1. The van der Waals surface area contributed by atoms with Crippen LogP contribution in [0.25, 0.3) is 0 Å². The highest BCUT2D eigenvalue weighted by Crippen LogP contribution is 2.25. The van der Waals surface area contributed by atoms with Crippen molar-refractivity contribution in [2.45, 2.75) is 6.92 Å². The molecule has 0 saturated heterocycles. The zero-order valence-corrected chi connectivity index (χ0v) is 18.3. The van der Waals surface area contributed by atoms with E-state index < -0.39 is 17.8 Å². The Kier molecular flexibility index (Phi) is 7.59. The van der Waals surface area contributed by atoms with Gasteiger partial charge in [-0.1, -0.05) is 53.0 Å². The van der Waals surface area contributed by atoms with Crippen LogP contribution in [0.2, 0.25) is 10.0 Å². The molecule has 0 aromatic heterocycles. The first-order valence-electron chi connectivity index (χ1n) is 9.31. The van der Waals surface area contributed by atoms with Crippen molar-refractivity contribution in [1.82, 2.24) is 5.43 Å². The zero-order chi connectivity index (χ0) is 23.1. The minimum atomic E-state index is -0.999. The first kappa shape index (κ1) is 23.0. The first-order chi connectivity index (χ1) is 15.3. The monoisotopic (exact) mass is 469 g/mol. The van der Waals surface area contributed by atoms with Gasteiger partial charge in [0.1, 0.15) is 5.75 Å². The van der Waals surface area contributed by atoms with Crippen molar-refractivity contribution in [2.24, 2.45) is 5.10 Å². The summed E-state index contributed by atoms with van der Waals surface area (Å²) in [6.45, 7) is 1.87. The fourth-order valence-electron chi connectivity index (χ4n) is 2.58. The van der Waals surface area contributed by atoms with Crippen LogP contribution in [0.4, 0.5) is 5.69 Å². The maximum Gasteiger partial charge on any atom is 0.343 e. The Hall–Kier alpha value is -3.68. The summed E-state index contributed by atoms with van der Waals surface area (Å²) in [4.78, 5) is 36.4. The molecule has 0 bridgehead atoms. The van der Waals surface area contributed by atoms with Crippen LogP contribution in [0, 0.1) is 6.92 Å². The van der Waals surface area contributed by atoms with Crippen LogP contribution in [-0.2, 0) is 9.59 Å². The molecule has 0 atom stereocenters. The second kappa shape index (κ2) is 10.6. The van der Waals surface area contributed by atoms with Crippen LogP contribution in [0.15, 0.2) is 71.8 Å². The third-order valence-electron chi connectivity index (χ3n) is 4.13. The van der Waals surface area contributed by atoms with Crippen molar-refractivity contribution in [3.63, 3.8) is 0 Å². The van der Waals surface area contributed by atoms with Gasteiger partial charge in [0.15, 0.2) is 0 Å². The lowest BCUT2D eigenvalue weighted by molar-refractivity contribution is -0.136. The lowest BCUT2D eigenvalue weighted by Gasteiger charge is -2.08. The highest BCUT2D eigenvalue weighted by molar-refractivity contribution is 6.43. The lowest BCUT2D eigenvalue weighted by Crippen LogP contribution is -2.32. The number of amides is 2. The van der Waals surface area contributed by atoms with Crippen LogP contribution in [0.5, 0.6) is 5.75 Å². The molecule has 0 unspecified atom stereocenters. The number of esters is 1. The average molecular weight is 470 g/mol. The Bertz CT molecular complexity index is 1210. The smallest absolute Gasteiger partial charge is 0.343 e. The van der Waals surface area contributed by atoms with Gasteiger partial charge in [0.05, 0.1) is 21.8 Å². The topological polar surface area (TPSA) is 96.9 Å². The summed E-state index contributed by atoms with van der Waals surface area (Å²) >= 11 is 11.7. The minimum Gasteiger partial charge on any atom is -0.422 e. The van der Waals surface area contributed by atoms with E-state index in [1.54, 1.807) is 42.5 Å². The third-order valence-corrected chi connectivity index (χ3v) is 4.87. The van der Waals surface area contributed by atoms with Crippen molar-refractivity contribution in [3.05, 3.63) is 93.5 Å². The number of anilines is 1. The van der Waals surface area contributed by atoms with Gasteiger partial charge >= 0.3 is 17.8 Å². The summed E-state index contributed by atoms with van der Waals surface area (Å²) in [6.07, 6.45) is 1.27. The number of benzene rings is 3. The predicted octanol–water partition coefficient (Wildman–Crippen LogP) is 4.61. The van der Waals surface area contributed by atoms with E-state index >= 15 is 0 Å². The Morgan fingerprint density at radius 3 is 2.44 bits per heavy atom. The molecule has 0 radical (unpaired) electrons. The Balaban J connectivity index is 1.62. The predicted molar refractivity (Wildman–Crippen MR) is 123 cm³/mol. The number of aryl methyl sites for hydroxylation is 1. The molecule has 0 spiro atoms. The van der Waals surface area contributed by atoms with E-state index in [-0.39, 0.29) is 10.8 Å². The molecule has 0 aliphatic heterocycles. The van der Waals surface area contributed by atoms with E-state index in [1.165, 1.54) is 24.4 Å². The van der Waals surface area contributed by atoms with Crippen LogP contribution in [-0.4, -0.2) is 24.0 Å². The summed E-state index contributed by atoms with van der Waals surface area (Å²) in [5.74, 6) is -2.22. The van der Waals surface area contributed by atoms with Crippen molar-refractivity contribution < 1.29 is 19.1 Å². The van der Waals surface area contributed by atoms with E-state index in [9.17, 15) is 14.4 Å². The number of halogens is 2. The van der Waals surface area contributed by atoms with Gasteiger partial charge in [-0.05, 0) is 49.4 Å². The molecule has 7 nitrogen and oxygen atoms in total. The highest BCUT2D eigenvalue weighted by atomic mass is 35.5. The number of carbonyl (C=O) groups is 3. The average Bonchev–Trinajstić information content (AvgIpc) is 2.77. The van der Waals surface area contributed by atoms with Crippen molar-refractivity contribution in [2.75, 3.05) is 5.32 Å². The van der Waals surface area contributed by atoms with Gasteiger partial charge in [-0.3, -0.25) is 9.59 Å². The molecule has 3 aromatic carbocycles. The minimum absolute atomic E-state index is 0.236. The standard InChI is InChI=1S/C23H17Cl2N3O4/c1-14-5-4-7-15(11-14)23(31)32-20-8-3-2-6-16(20)13-26-28-22(30)21(29)27-17-9-10-18(24)19(25)12-17/h2-13H,1H3,(H,27,29)(H,28,30)/b26-13+. The number of para-hydroxylation sites is 1. The largest absolute Gasteiger partial charge is 0.422 e. The molecule has 32 heavy (non-hydrogen) atoms. The van der Waals surface area contributed by atoms with Crippen LogP contribution < -0.4 is 15.5 Å². The molecule has 0 fully saturated rings. The number of hydrogen-bond acceptors (Lipinski definition) is 5. The number of rotatable bonds is 5. The molecule has 3 aromatic rings. The fraction of sp³-hybridized carbons (Fsp3) is 0.0435. The number of nitrogens with one attached hydrogen (secondary N) is 2. The third kappa shape index (κ3) is 6.16. The molecule has 2 N–H and O–H groups in total. The summed E-state index contributed by atoms with van der Waals surface area (Å²) in [6, 6.07) is 18.0. The summed E-state index contributed by atoms with van der Waals surface area (Å²) in [5, 5.41) is 6.70. The van der Waals surface area contributed by atoms with E-state index in [2.05, 4.69) is 15.8 Å².